The highest BCUT2D eigenvalue weighted by atomic mass is 35.5. The molecule has 1 amide bonds. The van der Waals surface area contributed by atoms with Crippen LogP contribution in [0.25, 0.3) is 0 Å². The SMILES string of the molecule is O=C(CCl)N(Cc1ccccc1)C1CCCC[C@H]1CO. The maximum absolute atomic E-state index is 12.2. The molecule has 0 aliphatic heterocycles. The molecule has 0 heterocycles. The third kappa shape index (κ3) is 3.74. The van der Waals surface area contributed by atoms with Gasteiger partial charge < -0.3 is 10.0 Å². The molecule has 1 fully saturated rings. The number of benzene rings is 1. The van der Waals surface area contributed by atoms with Crippen molar-refractivity contribution >= 4 is 17.5 Å². The van der Waals surface area contributed by atoms with Gasteiger partial charge in [0.2, 0.25) is 5.91 Å². The van der Waals surface area contributed by atoms with E-state index in [4.69, 9.17) is 11.6 Å². The van der Waals surface area contributed by atoms with Gasteiger partial charge in [-0.1, -0.05) is 43.2 Å². The molecule has 4 heteroatoms. The van der Waals surface area contributed by atoms with Crippen molar-refractivity contribution in [3.8, 4) is 0 Å². The number of hydrogen-bond acceptors (Lipinski definition) is 2. The summed E-state index contributed by atoms with van der Waals surface area (Å²) < 4.78 is 0. The van der Waals surface area contributed by atoms with Crippen LogP contribution in [-0.4, -0.2) is 34.4 Å². The average molecular weight is 296 g/mol. The van der Waals surface area contributed by atoms with E-state index in [2.05, 4.69) is 0 Å². The minimum Gasteiger partial charge on any atom is -0.396 e. The van der Waals surface area contributed by atoms with E-state index < -0.39 is 0 Å². The zero-order chi connectivity index (χ0) is 14.4. The lowest BCUT2D eigenvalue weighted by Gasteiger charge is -2.39. The molecular formula is C16H22ClNO2. The van der Waals surface area contributed by atoms with E-state index in [0.29, 0.717) is 6.54 Å². The Morgan fingerprint density at radius 2 is 1.95 bits per heavy atom. The molecule has 0 radical (unpaired) electrons. The van der Waals surface area contributed by atoms with Gasteiger partial charge in [-0.25, -0.2) is 0 Å². The van der Waals surface area contributed by atoms with Crippen LogP contribution in [0.5, 0.6) is 0 Å². The minimum atomic E-state index is -0.0409. The number of hydrogen-bond donors (Lipinski definition) is 1. The Hall–Kier alpha value is -1.06. The van der Waals surface area contributed by atoms with Crippen molar-refractivity contribution in [2.45, 2.75) is 38.3 Å². The molecule has 110 valence electrons. The predicted octanol–water partition coefficient (Wildman–Crippen LogP) is 2.81. The minimum absolute atomic E-state index is 0.00147. The summed E-state index contributed by atoms with van der Waals surface area (Å²) in [4.78, 5) is 14.1. The summed E-state index contributed by atoms with van der Waals surface area (Å²) in [6.07, 6.45) is 4.20. The highest BCUT2D eigenvalue weighted by Gasteiger charge is 2.32. The number of rotatable bonds is 5. The second kappa shape index (κ2) is 7.65. The molecule has 1 aliphatic carbocycles. The first-order valence-electron chi connectivity index (χ1n) is 7.26. The number of aliphatic hydroxyl groups is 1. The lowest BCUT2D eigenvalue weighted by atomic mass is 9.83. The second-order valence-corrected chi connectivity index (χ2v) is 5.70. The van der Waals surface area contributed by atoms with Crippen molar-refractivity contribution < 1.29 is 9.90 Å². The summed E-state index contributed by atoms with van der Waals surface area (Å²) in [6.45, 7) is 0.721. The average Bonchev–Trinajstić information content (AvgIpc) is 2.53. The van der Waals surface area contributed by atoms with Crippen LogP contribution < -0.4 is 0 Å². The van der Waals surface area contributed by atoms with Crippen LogP contribution in [0.15, 0.2) is 30.3 Å². The highest BCUT2D eigenvalue weighted by molar-refractivity contribution is 6.27. The molecule has 1 aromatic rings. The van der Waals surface area contributed by atoms with Gasteiger partial charge in [0, 0.05) is 25.1 Å². The summed E-state index contributed by atoms with van der Waals surface area (Å²) in [7, 11) is 0. The van der Waals surface area contributed by atoms with Crippen LogP contribution in [0.1, 0.15) is 31.2 Å². The Morgan fingerprint density at radius 3 is 2.60 bits per heavy atom. The fraction of sp³-hybridized carbons (Fsp3) is 0.562. The first-order valence-corrected chi connectivity index (χ1v) is 7.80. The summed E-state index contributed by atoms with van der Waals surface area (Å²) >= 11 is 5.77. The highest BCUT2D eigenvalue weighted by Crippen LogP contribution is 2.29. The summed E-state index contributed by atoms with van der Waals surface area (Å²) in [5, 5.41) is 9.56. The first kappa shape index (κ1) is 15.3. The predicted molar refractivity (Wildman–Crippen MR) is 80.5 cm³/mol. The van der Waals surface area contributed by atoms with Gasteiger partial charge in [-0.15, -0.1) is 11.6 Å². The third-order valence-corrected chi connectivity index (χ3v) is 4.36. The van der Waals surface area contributed by atoms with Crippen molar-refractivity contribution in [3.05, 3.63) is 35.9 Å². The monoisotopic (exact) mass is 295 g/mol. The number of carbonyl (C=O) groups is 1. The van der Waals surface area contributed by atoms with Gasteiger partial charge in [0.05, 0.1) is 0 Å². The second-order valence-electron chi connectivity index (χ2n) is 5.44. The molecule has 20 heavy (non-hydrogen) atoms. The molecule has 0 bridgehead atoms. The number of amides is 1. The van der Waals surface area contributed by atoms with Crippen molar-refractivity contribution in [2.75, 3.05) is 12.5 Å². The van der Waals surface area contributed by atoms with Gasteiger partial charge in [0.15, 0.2) is 0 Å². The van der Waals surface area contributed by atoms with Crippen molar-refractivity contribution in [3.63, 3.8) is 0 Å². The van der Waals surface area contributed by atoms with E-state index >= 15 is 0 Å². The molecular weight excluding hydrogens is 274 g/mol. The molecule has 1 aromatic carbocycles. The standard InChI is InChI=1S/C16H22ClNO2/c17-10-16(20)18(11-13-6-2-1-3-7-13)15-9-5-4-8-14(15)12-19/h1-3,6-7,14-15,19H,4-5,8-12H2/t14-,15?/m0/s1. The van der Waals surface area contributed by atoms with Gasteiger partial charge in [0.1, 0.15) is 5.88 Å². The van der Waals surface area contributed by atoms with Gasteiger partial charge in [0.25, 0.3) is 0 Å². The fourth-order valence-corrected chi connectivity index (χ4v) is 3.21. The Kier molecular flexibility index (Phi) is 5.86. The maximum atomic E-state index is 12.2. The lowest BCUT2D eigenvalue weighted by Crippen LogP contribution is -2.47. The molecule has 3 nitrogen and oxygen atoms in total. The van der Waals surface area contributed by atoms with Crippen LogP contribution in [0.2, 0.25) is 0 Å². The quantitative estimate of drug-likeness (QED) is 0.849. The first-order chi connectivity index (χ1) is 9.76. The van der Waals surface area contributed by atoms with E-state index in [1.54, 1.807) is 0 Å². The number of aliphatic hydroxyl groups excluding tert-OH is 1. The molecule has 1 unspecified atom stereocenters. The van der Waals surface area contributed by atoms with Crippen LogP contribution in [-0.2, 0) is 11.3 Å². The summed E-state index contributed by atoms with van der Waals surface area (Å²) in [5.74, 6) is 0.141. The van der Waals surface area contributed by atoms with Crippen LogP contribution in [0.4, 0.5) is 0 Å². The maximum Gasteiger partial charge on any atom is 0.238 e. The van der Waals surface area contributed by atoms with E-state index in [-0.39, 0.29) is 30.4 Å². The number of halogens is 1. The van der Waals surface area contributed by atoms with Crippen LogP contribution in [0.3, 0.4) is 0 Å². The van der Waals surface area contributed by atoms with Gasteiger partial charge in [-0.3, -0.25) is 4.79 Å². The molecule has 0 aromatic heterocycles. The Morgan fingerprint density at radius 1 is 1.25 bits per heavy atom. The number of alkyl halides is 1. The molecule has 0 spiro atoms. The Labute approximate surface area is 125 Å². The van der Waals surface area contributed by atoms with Crippen molar-refractivity contribution in [1.29, 1.82) is 0 Å². The zero-order valence-corrected chi connectivity index (χ0v) is 12.4. The number of carbonyl (C=O) groups excluding carboxylic acids is 1. The molecule has 2 rings (SSSR count). The number of nitrogens with zero attached hydrogens (tertiary/aromatic N) is 1. The van der Waals surface area contributed by atoms with E-state index in [9.17, 15) is 9.90 Å². The zero-order valence-electron chi connectivity index (χ0n) is 11.7. The Bertz CT molecular complexity index is 424. The Balaban J connectivity index is 2.16. The third-order valence-electron chi connectivity index (χ3n) is 4.13. The lowest BCUT2D eigenvalue weighted by molar-refractivity contribution is -0.134. The van der Waals surface area contributed by atoms with Crippen LogP contribution in [0, 0.1) is 5.92 Å². The molecule has 1 saturated carbocycles. The van der Waals surface area contributed by atoms with E-state index in [1.807, 2.05) is 35.2 Å². The van der Waals surface area contributed by atoms with E-state index in [1.165, 1.54) is 0 Å². The largest absolute Gasteiger partial charge is 0.396 e. The fourth-order valence-electron chi connectivity index (χ4n) is 3.06. The summed E-state index contributed by atoms with van der Waals surface area (Å²) in [6, 6.07) is 10.1. The molecule has 1 aliphatic rings. The summed E-state index contributed by atoms with van der Waals surface area (Å²) in [5.41, 5.74) is 1.10. The normalized spacial score (nSPS) is 22.5. The van der Waals surface area contributed by atoms with Crippen LogP contribution >= 0.6 is 11.6 Å². The van der Waals surface area contributed by atoms with Gasteiger partial charge in [-0.05, 0) is 18.4 Å². The smallest absolute Gasteiger partial charge is 0.238 e. The molecule has 0 saturated heterocycles. The molecule has 1 N–H and O–H groups in total. The van der Waals surface area contributed by atoms with E-state index in [0.717, 1.165) is 31.2 Å². The topological polar surface area (TPSA) is 40.5 Å². The molecule has 2 atom stereocenters. The van der Waals surface area contributed by atoms with Gasteiger partial charge >= 0.3 is 0 Å². The van der Waals surface area contributed by atoms with Gasteiger partial charge in [-0.2, -0.15) is 0 Å². The van der Waals surface area contributed by atoms with Crippen molar-refractivity contribution in [2.24, 2.45) is 5.92 Å². The van der Waals surface area contributed by atoms with Crippen molar-refractivity contribution in [1.82, 2.24) is 4.90 Å².